The van der Waals surface area contributed by atoms with Gasteiger partial charge in [0, 0.05) is 44.0 Å². The number of benzene rings is 3. The van der Waals surface area contributed by atoms with Crippen LogP contribution < -0.4 is 10.2 Å². The SMILES string of the molecule is COC(=O)c1ccc2c(c1)NC(=O)C2C(=Nc1ccc2c(c1)CCN2C(=O)CCN1CCOCC1)c1ccccc1. The largest absolute Gasteiger partial charge is 0.465 e. The molecule has 3 heterocycles. The van der Waals surface area contributed by atoms with Crippen LogP contribution in [0.2, 0.25) is 0 Å². The van der Waals surface area contributed by atoms with Crippen LogP contribution in [-0.2, 0) is 25.5 Å². The Morgan fingerprint density at radius 1 is 1.00 bits per heavy atom. The minimum atomic E-state index is -0.648. The lowest BCUT2D eigenvalue weighted by Gasteiger charge is -2.27. The van der Waals surface area contributed by atoms with Gasteiger partial charge in [0.1, 0.15) is 5.92 Å². The van der Waals surface area contributed by atoms with Gasteiger partial charge in [-0.2, -0.15) is 0 Å². The van der Waals surface area contributed by atoms with Crippen molar-refractivity contribution in [3.05, 3.63) is 89.0 Å². The summed E-state index contributed by atoms with van der Waals surface area (Å²) in [6, 6.07) is 20.6. The molecule has 6 rings (SSSR count). The van der Waals surface area contributed by atoms with Gasteiger partial charge in [-0.15, -0.1) is 0 Å². The molecule has 1 N–H and O–H groups in total. The second-order valence-corrected chi connectivity index (χ2v) is 10.4. The summed E-state index contributed by atoms with van der Waals surface area (Å²) in [6.07, 6.45) is 1.23. The van der Waals surface area contributed by atoms with Crippen molar-refractivity contribution in [3.63, 3.8) is 0 Å². The Kier molecular flexibility index (Phi) is 7.63. The third kappa shape index (κ3) is 5.51. The van der Waals surface area contributed by atoms with Crippen molar-refractivity contribution >= 4 is 40.6 Å². The molecule has 0 bridgehead atoms. The third-order valence-corrected chi connectivity index (χ3v) is 7.90. The molecule has 1 unspecified atom stereocenters. The predicted octanol–water partition coefficient (Wildman–Crippen LogP) is 3.94. The van der Waals surface area contributed by atoms with Crippen LogP contribution in [0.3, 0.4) is 0 Å². The number of carbonyl (C=O) groups excluding carboxylic acids is 3. The number of anilines is 2. The average molecular weight is 553 g/mol. The second-order valence-electron chi connectivity index (χ2n) is 10.4. The first kappa shape index (κ1) is 26.9. The van der Waals surface area contributed by atoms with E-state index in [1.165, 1.54) is 7.11 Å². The van der Waals surface area contributed by atoms with Crippen LogP contribution in [0.15, 0.2) is 71.7 Å². The monoisotopic (exact) mass is 552 g/mol. The van der Waals surface area contributed by atoms with E-state index >= 15 is 0 Å². The molecule has 3 aliphatic rings. The Hall–Kier alpha value is -4.34. The molecule has 0 aromatic heterocycles. The zero-order valence-electron chi connectivity index (χ0n) is 23.0. The number of ether oxygens (including phenoxy) is 2. The van der Waals surface area contributed by atoms with Gasteiger partial charge in [-0.3, -0.25) is 19.5 Å². The Morgan fingerprint density at radius 2 is 1.80 bits per heavy atom. The number of carbonyl (C=O) groups is 3. The smallest absolute Gasteiger partial charge is 0.337 e. The maximum absolute atomic E-state index is 13.3. The van der Waals surface area contributed by atoms with Gasteiger partial charge in [-0.05, 0) is 53.4 Å². The summed E-state index contributed by atoms with van der Waals surface area (Å²) < 4.78 is 10.2. The van der Waals surface area contributed by atoms with E-state index < -0.39 is 11.9 Å². The van der Waals surface area contributed by atoms with Gasteiger partial charge >= 0.3 is 5.97 Å². The minimum Gasteiger partial charge on any atom is -0.465 e. The molecular formula is C32H32N4O5. The summed E-state index contributed by atoms with van der Waals surface area (Å²) in [5, 5.41) is 2.92. The molecule has 3 aromatic rings. The second kappa shape index (κ2) is 11.6. The zero-order valence-corrected chi connectivity index (χ0v) is 23.0. The van der Waals surface area contributed by atoms with Gasteiger partial charge in [0.15, 0.2) is 0 Å². The summed E-state index contributed by atoms with van der Waals surface area (Å²) in [5.41, 5.74) is 5.86. The molecule has 9 heteroatoms. The minimum absolute atomic E-state index is 0.127. The van der Waals surface area contributed by atoms with Gasteiger partial charge in [0.2, 0.25) is 11.8 Å². The number of aliphatic imine (C=N–C) groups is 1. The summed E-state index contributed by atoms with van der Waals surface area (Å²) in [4.78, 5) is 47.6. The molecule has 1 atom stereocenters. The fourth-order valence-electron chi connectivity index (χ4n) is 5.75. The van der Waals surface area contributed by atoms with Crippen LogP contribution in [0.5, 0.6) is 0 Å². The molecule has 1 saturated heterocycles. The number of methoxy groups -OCH3 is 1. The van der Waals surface area contributed by atoms with Crippen LogP contribution in [-0.4, -0.2) is 74.9 Å². The topological polar surface area (TPSA) is 101 Å². The molecule has 210 valence electrons. The van der Waals surface area contributed by atoms with Crippen molar-refractivity contribution in [2.45, 2.75) is 18.8 Å². The fraction of sp³-hybridized carbons (Fsp3) is 0.312. The maximum atomic E-state index is 13.3. The highest BCUT2D eigenvalue weighted by Gasteiger charge is 2.36. The molecule has 3 aliphatic heterocycles. The Morgan fingerprint density at radius 3 is 2.59 bits per heavy atom. The van der Waals surface area contributed by atoms with Crippen molar-refractivity contribution in [1.29, 1.82) is 0 Å². The summed E-state index contributed by atoms with van der Waals surface area (Å²) in [5.74, 6) is -1.19. The van der Waals surface area contributed by atoms with Crippen LogP contribution in [0.1, 0.15) is 39.4 Å². The first-order chi connectivity index (χ1) is 20.0. The molecule has 1 fully saturated rings. The molecule has 9 nitrogen and oxygen atoms in total. The van der Waals surface area contributed by atoms with Gasteiger partial charge in [-0.1, -0.05) is 36.4 Å². The Bertz CT molecular complexity index is 1510. The molecule has 0 saturated carbocycles. The molecular weight excluding hydrogens is 520 g/mol. The number of amides is 2. The number of rotatable bonds is 7. The van der Waals surface area contributed by atoms with E-state index in [1.807, 2.05) is 53.4 Å². The van der Waals surface area contributed by atoms with Gasteiger partial charge in [-0.25, -0.2) is 4.79 Å². The van der Waals surface area contributed by atoms with E-state index in [0.717, 1.165) is 67.3 Å². The van der Waals surface area contributed by atoms with Crippen molar-refractivity contribution < 1.29 is 23.9 Å². The normalized spacial score (nSPS) is 18.6. The number of fused-ring (bicyclic) bond motifs is 2. The highest BCUT2D eigenvalue weighted by atomic mass is 16.5. The standard InChI is InChI=1S/C32H32N4O5/c1-40-32(39)23-7-9-25-26(20-23)34-31(38)29(25)30(21-5-3-2-4-6-21)33-24-8-10-27-22(19-24)11-14-36(27)28(37)12-13-35-15-17-41-18-16-35/h2-10,19-20,29H,11-18H2,1H3,(H,34,38). The first-order valence-electron chi connectivity index (χ1n) is 13.9. The number of esters is 1. The Labute approximate surface area is 238 Å². The van der Waals surface area contributed by atoms with Crippen molar-refractivity contribution in [3.8, 4) is 0 Å². The molecule has 2 amide bonds. The predicted molar refractivity (Wildman–Crippen MR) is 156 cm³/mol. The first-order valence-corrected chi connectivity index (χ1v) is 13.9. The number of nitrogens with zero attached hydrogens (tertiary/aromatic N) is 3. The van der Waals surface area contributed by atoms with Crippen LogP contribution in [0.4, 0.5) is 17.1 Å². The summed E-state index contributed by atoms with van der Waals surface area (Å²) >= 11 is 0. The number of hydrogen-bond acceptors (Lipinski definition) is 7. The number of morpholine rings is 1. The highest BCUT2D eigenvalue weighted by molar-refractivity contribution is 6.24. The van der Waals surface area contributed by atoms with Crippen molar-refractivity contribution in [2.75, 3.05) is 56.7 Å². The van der Waals surface area contributed by atoms with Crippen LogP contribution in [0, 0.1) is 0 Å². The van der Waals surface area contributed by atoms with E-state index in [-0.39, 0.29) is 11.8 Å². The fourth-order valence-corrected chi connectivity index (χ4v) is 5.75. The number of nitrogens with one attached hydrogen (secondary N) is 1. The van der Waals surface area contributed by atoms with Crippen molar-refractivity contribution in [1.82, 2.24) is 4.90 Å². The van der Waals surface area contributed by atoms with E-state index in [4.69, 9.17) is 14.5 Å². The zero-order chi connectivity index (χ0) is 28.3. The van der Waals surface area contributed by atoms with Crippen molar-refractivity contribution in [2.24, 2.45) is 4.99 Å². The quantitative estimate of drug-likeness (QED) is 0.352. The molecule has 0 aliphatic carbocycles. The van der Waals surface area contributed by atoms with Gasteiger partial charge in [0.25, 0.3) is 0 Å². The molecule has 0 radical (unpaired) electrons. The summed E-state index contributed by atoms with van der Waals surface area (Å²) in [6.45, 7) is 4.56. The lowest BCUT2D eigenvalue weighted by molar-refractivity contribution is -0.119. The maximum Gasteiger partial charge on any atom is 0.337 e. The Balaban J connectivity index is 1.28. The molecule has 41 heavy (non-hydrogen) atoms. The molecule has 0 spiro atoms. The lowest BCUT2D eigenvalue weighted by atomic mass is 9.90. The van der Waals surface area contributed by atoms with Gasteiger partial charge in [0.05, 0.1) is 37.3 Å². The average Bonchev–Trinajstić information content (AvgIpc) is 3.58. The molecule has 3 aromatic carbocycles. The van der Waals surface area contributed by atoms with E-state index in [1.54, 1.807) is 18.2 Å². The van der Waals surface area contributed by atoms with Gasteiger partial charge < -0.3 is 19.7 Å². The lowest BCUT2D eigenvalue weighted by Crippen LogP contribution is -2.39. The van der Waals surface area contributed by atoms with Crippen LogP contribution in [0.25, 0.3) is 0 Å². The third-order valence-electron chi connectivity index (χ3n) is 7.90. The highest BCUT2D eigenvalue weighted by Crippen LogP contribution is 2.38. The van der Waals surface area contributed by atoms with E-state index in [2.05, 4.69) is 10.2 Å². The van der Waals surface area contributed by atoms with E-state index in [9.17, 15) is 14.4 Å². The number of hydrogen-bond donors (Lipinski definition) is 1. The van der Waals surface area contributed by atoms with Crippen LogP contribution >= 0.6 is 0 Å². The summed E-state index contributed by atoms with van der Waals surface area (Å²) in [7, 11) is 1.33. The van der Waals surface area contributed by atoms with E-state index in [0.29, 0.717) is 29.9 Å².